The third kappa shape index (κ3) is 5.75. The molecule has 4 rings (SSSR count). The summed E-state index contributed by atoms with van der Waals surface area (Å²) in [4.78, 5) is 51.0. The maximum atomic E-state index is 13.8. The van der Waals surface area contributed by atoms with Gasteiger partial charge < -0.3 is 20.1 Å². The lowest BCUT2D eigenvalue weighted by Crippen LogP contribution is -2.31. The van der Waals surface area contributed by atoms with Crippen LogP contribution in [-0.2, 0) is 19.8 Å². The molecule has 2 amide bonds. The number of carboxylic acid groups (broad SMARTS) is 1. The molecule has 0 aliphatic carbocycles. The SMILES string of the molecule is CC(C)(C)c1cc(N2C(=O)C(O)=C(C(=O)c3cccc(NC(=O)/C=C/C(=O)O)c3)C2c2ccc(Cl)cc2)no1. The number of rotatable bonds is 7. The van der Waals surface area contributed by atoms with Gasteiger partial charge in [0, 0.05) is 39.9 Å². The molecule has 1 aromatic heterocycles. The molecule has 0 bridgehead atoms. The molecule has 10 nitrogen and oxygen atoms in total. The van der Waals surface area contributed by atoms with Crippen molar-refractivity contribution in [1.82, 2.24) is 5.16 Å². The zero-order chi connectivity index (χ0) is 28.5. The van der Waals surface area contributed by atoms with Gasteiger partial charge in [0.25, 0.3) is 5.91 Å². The van der Waals surface area contributed by atoms with Gasteiger partial charge in [0.1, 0.15) is 5.76 Å². The number of anilines is 2. The van der Waals surface area contributed by atoms with Crippen LogP contribution in [0, 0.1) is 0 Å². The van der Waals surface area contributed by atoms with Crippen molar-refractivity contribution in [2.75, 3.05) is 10.2 Å². The summed E-state index contributed by atoms with van der Waals surface area (Å²) in [5, 5.41) is 26.6. The minimum absolute atomic E-state index is 0.0701. The summed E-state index contributed by atoms with van der Waals surface area (Å²) in [6, 6.07) is 12.8. The van der Waals surface area contributed by atoms with Crippen LogP contribution in [0.15, 0.2) is 82.6 Å². The van der Waals surface area contributed by atoms with E-state index in [1.165, 1.54) is 29.2 Å². The number of aliphatic hydroxyl groups excluding tert-OH is 1. The van der Waals surface area contributed by atoms with E-state index in [0.29, 0.717) is 22.4 Å². The van der Waals surface area contributed by atoms with Crippen molar-refractivity contribution in [3.63, 3.8) is 0 Å². The average molecular weight is 550 g/mol. The standard InChI is InChI=1S/C28H24ClN3O7/c1-28(2,3)19-14-20(31-39-19)32-24(15-7-9-17(29)10-8-15)23(26(37)27(32)38)25(36)16-5-4-6-18(13-16)30-21(33)11-12-22(34)35/h4-14,24,37H,1-3H3,(H,30,33)(H,34,35)/b12-11+. The van der Waals surface area contributed by atoms with Crippen LogP contribution >= 0.6 is 11.6 Å². The first kappa shape index (κ1) is 27.3. The van der Waals surface area contributed by atoms with E-state index in [2.05, 4.69) is 10.5 Å². The Labute approximate surface area is 228 Å². The molecule has 3 N–H and O–H groups in total. The Hall–Kier alpha value is -4.70. The van der Waals surface area contributed by atoms with Gasteiger partial charge in [0.15, 0.2) is 17.4 Å². The van der Waals surface area contributed by atoms with Gasteiger partial charge >= 0.3 is 5.97 Å². The number of aliphatic hydroxyl groups is 1. The molecule has 1 atom stereocenters. The third-order valence-electron chi connectivity index (χ3n) is 5.89. The molecule has 2 aromatic carbocycles. The lowest BCUT2D eigenvalue weighted by Gasteiger charge is -2.24. The van der Waals surface area contributed by atoms with Crippen molar-refractivity contribution in [3.05, 3.63) is 100.0 Å². The molecule has 11 heteroatoms. The second kappa shape index (κ2) is 10.6. The first-order valence-corrected chi connectivity index (χ1v) is 12.1. The average Bonchev–Trinajstić information content (AvgIpc) is 3.46. The Morgan fingerprint density at radius 2 is 1.77 bits per heavy atom. The summed E-state index contributed by atoms with van der Waals surface area (Å²) in [5.41, 5.74) is 0.153. The van der Waals surface area contributed by atoms with Crippen molar-refractivity contribution in [2.24, 2.45) is 0 Å². The van der Waals surface area contributed by atoms with E-state index >= 15 is 0 Å². The number of aliphatic carboxylic acids is 1. The monoisotopic (exact) mass is 549 g/mol. The first-order valence-electron chi connectivity index (χ1n) is 11.7. The van der Waals surface area contributed by atoms with E-state index in [-0.39, 0.29) is 22.6 Å². The van der Waals surface area contributed by atoms with Gasteiger partial charge in [0.05, 0.1) is 11.6 Å². The Bertz CT molecular complexity index is 1530. The van der Waals surface area contributed by atoms with E-state index in [9.17, 15) is 24.3 Å². The van der Waals surface area contributed by atoms with Crippen molar-refractivity contribution in [3.8, 4) is 0 Å². The van der Waals surface area contributed by atoms with Crippen molar-refractivity contribution < 1.29 is 33.9 Å². The summed E-state index contributed by atoms with van der Waals surface area (Å²) in [6.07, 6.45) is 1.51. The van der Waals surface area contributed by atoms with Gasteiger partial charge in [-0.2, -0.15) is 0 Å². The van der Waals surface area contributed by atoms with Crippen LogP contribution in [0.2, 0.25) is 5.02 Å². The van der Waals surface area contributed by atoms with Crippen molar-refractivity contribution in [1.29, 1.82) is 0 Å². The van der Waals surface area contributed by atoms with Crippen LogP contribution in [0.4, 0.5) is 11.5 Å². The van der Waals surface area contributed by atoms with Gasteiger partial charge in [0.2, 0.25) is 5.91 Å². The fourth-order valence-electron chi connectivity index (χ4n) is 3.99. The molecule has 3 aromatic rings. The molecule has 1 aliphatic heterocycles. The number of aromatic nitrogens is 1. The molecular weight excluding hydrogens is 526 g/mol. The number of nitrogens with zero attached hydrogens (tertiary/aromatic N) is 2. The highest BCUT2D eigenvalue weighted by atomic mass is 35.5. The van der Waals surface area contributed by atoms with E-state index in [4.69, 9.17) is 21.2 Å². The fraction of sp³-hybridized carbons (Fsp3) is 0.179. The molecule has 1 unspecified atom stereocenters. The largest absolute Gasteiger partial charge is 0.503 e. The highest BCUT2D eigenvalue weighted by Crippen LogP contribution is 2.42. The minimum atomic E-state index is -1.29. The maximum absolute atomic E-state index is 13.8. The van der Waals surface area contributed by atoms with E-state index < -0.39 is 40.8 Å². The number of hydrogen-bond donors (Lipinski definition) is 3. The first-order chi connectivity index (χ1) is 18.4. The van der Waals surface area contributed by atoms with Crippen LogP contribution in [-0.4, -0.2) is 38.9 Å². The lowest BCUT2D eigenvalue weighted by atomic mass is 9.92. The van der Waals surface area contributed by atoms with E-state index in [0.717, 1.165) is 6.08 Å². The zero-order valence-corrected chi connectivity index (χ0v) is 21.9. The number of carbonyl (C=O) groups excluding carboxylic acids is 3. The summed E-state index contributed by atoms with van der Waals surface area (Å²) in [6.45, 7) is 5.73. The summed E-state index contributed by atoms with van der Waals surface area (Å²) < 4.78 is 5.46. The van der Waals surface area contributed by atoms with Crippen LogP contribution in [0.5, 0.6) is 0 Å². The second-order valence-corrected chi connectivity index (χ2v) is 10.2. The Kier molecular flexibility index (Phi) is 7.42. The Balaban J connectivity index is 1.75. The highest BCUT2D eigenvalue weighted by molar-refractivity contribution is 6.30. The highest BCUT2D eigenvalue weighted by Gasteiger charge is 2.46. The molecule has 0 saturated carbocycles. The van der Waals surface area contributed by atoms with Crippen LogP contribution < -0.4 is 10.2 Å². The van der Waals surface area contributed by atoms with Gasteiger partial charge in [-0.1, -0.05) is 61.8 Å². The molecule has 1 aliphatic rings. The lowest BCUT2D eigenvalue weighted by molar-refractivity contribution is -0.131. The summed E-state index contributed by atoms with van der Waals surface area (Å²) in [5.74, 6) is -3.65. The normalized spacial score (nSPS) is 15.7. The van der Waals surface area contributed by atoms with Crippen LogP contribution in [0.3, 0.4) is 0 Å². The molecule has 39 heavy (non-hydrogen) atoms. The summed E-state index contributed by atoms with van der Waals surface area (Å²) in [7, 11) is 0. The number of halogens is 1. The molecule has 0 fully saturated rings. The van der Waals surface area contributed by atoms with Gasteiger partial charge in [-0.3, -0.25) is 19.3 Å². The van der Waals surface area contributed by atoms with Crippen LogP contribution in [0.25, 0.3) is 0 Å². The number of carbonyl (C=O) groups is 4. The second-order valence-electron chi connectivity index (χ2n) is 9.76. The number of benzene rings is 2. The number of Topliss-reactive ketones (excluding diaryl/α,β-unsaturated/α-hetero) is 1. The predicted molar refractivity (Wildman–Crippen MR) is 143 cm³/mol. The van der Waals surface area contributed by atoms with Crippen LogP contribution in [0.1, 0.15) is 48.5 Å². The predicted octanol–water partition coefficient (Wildman–Crippen LogP) is 4.99. The van der Waals surface area contributed by atoms with Gasteiger partial charge in [-0.25, -0.2) is 4.79 Å². The number of nitrogens with one attached hydrogen (secondary N) is 1. The van der Waals surface area contributed by atoms with Gasteiger partial charge in [-0.15, -0.1) is 0 Å². The molecule has 0 spiro atoms. The minimum Gasteiger partial charge on any atom is -0.503 e. The summed E-state index contributed by atoms with van der Waals surface area (Å²) >= 11 is 6.07. The smallest absolute Gasteiger partial charge is 0.328 e. The Morgan fingerprint density at radius 3 is 2.38 bits per heavy atom. The fourth-order valence-corrected chi connectivity index (χ4v) is 4.12. The topological polar surface area (TPSA) is 150 Å². The van der Waals surface area contributed by atoms with Crippen molar-refractivity contribution >= 4 is 46.7 Å². The van der Waals surface area contributed by atoms with Crippen molar-refractivity contribution in [2.45, 2.75) is 32.2 Å². The number of hydrogen-bond acceptors (Lipinski definition) is 7. The molecule has 0 saturated heterocycles. The third-order valence-corrected chi connectivity index (χ3v) is 6.14. The Morgan fingerprint density at radius 1 is 1.08 bits per heavy atom. The van der Waals surface area contributed by atoms with E-state index in [1.807, 2.05) is 20.8 Å². The maximum Gasteiger partial charge on any atom is 0.328 e. The van der Waals surface area contributed by atoms with E-state index in [1.54, 1.807) is 30.3 Å². The molecule has 0 radical (unpaired) electrons. The number of amides is 2. The number of ketones is 1. The quantitative estimate of drug-likeness (QED) is 0.275. The number of carboxylic acids is 1. The molecule has 2 heterocycles. The van der Waals surface area contributed by atoms with Gasteiger partial charge in [-0.05, 0) is 29.8 Å². The molecular formula is C28H24ClN3O7. The zero-order valence-electron chi connectivity index (χ0n) is 21.1. The molecule has 200 valence electrons.